The molecule has 6 heteroatoms. The van der Waals surface area contributed by atoms with Crippen LogP contribution in [0.1, 0.15) is 50.0 Å². The van der Waals surface area contributed by atoms with E-state index < -0.39 is 11.0 Å². The highest BCUT2D eigenvalue weighted by Crippen LogP contribution is 2.41. The Bertz CT molecular complexity index is 815. The minimum atomic E-state index is -0.783. The fourth-order valence-corrected chi connectivity index (χ4v) is 3.60. The van der Waals surface area contributed by atoms with Crippen LogP contribution >= 0.6 is 0 Å². The number of rotatable bonds is 5. The first kappa shape index (κ1) is 19.3. The van der Waals surface area contributed by atoms with E-state index in [1.807, 2.05) is 51.1 Å². The first-order valence-corrected chi connectivity index (χ1v) is 9.19. The molecule has 0 saturated carbocycles. The second-order valence-electron chi connectivity index (χ2n) is 8.00. The Labute approximate surface area is 159 Å². The third-order valence-electron chi connectivity index (χ3n) is 4.73. The van der Waals surface area contributed by atoms with Crippen molar-refractivity contribution in [3.05, 3.63) is 69.3 Å². The van der Waals surface area contributed by atoms with Crippen LogP contribution in [0, 0.1) is 10.1 Å². The molecule has 27 heavy (non-hydrogen) atoms. The van der Waals surface area contributed by atoms with Gasteiger partial charge in [0.05, 0.1) is 11.0 Å². The van der Waals surface area contributed by atoms with E-state index in [-0.39, 0.29) is 29.6 Å². The SMILES string of the molecule is CC(C)(C)N[C@@H]1CCc2c(ccc(OCc3ccccc3)c2[N+](=O)[O-])[C@H]1O. The lowest BCUT2D eigenvalue weighted by atomic mass is 9.83. The van der Waals surface area contributed by atoms with E-state index in [1.54, 1.807) is 12.1 Å². The third kappa shape index (κ3) is 4.46. The number of aliphatic hydroxyl groups excluding tert-OH is 1. The molecule has 1 aliphatic carbocycles. The van der Waals surface area contributed by atoms with E-state index in [1.165, 1.54) is 0 Å². The number of nitro groups is 1. The van der Waals surface area contributed by atoms with Gasteiger partial charge in [-0.2, -0.15) is 0 Å². The van der Waals surface area contributed by atoms with E-state index in [2.05, 4.69) is 5.32 Å². The number of fused-ring (bicyclic) bond motifs is 1. The van der Waals surface area contributed by atoms with Crippen molar-refractivity contribution in [2.45, 2.75) is 57.9 Å². The molecule has 3 rings (SSSR count). The molecule has 1 aliphatic rings. The van der Waals surface area contributed by atoms with Gasteiger partial charge in [-0.25, -0.2) is 0 Å². The van der Waals surface area contributed by atoms with Gasteiger partial charge in [-0.3, -0.25) is 10.1 Å². The van der Waals surface area contributed by atoms with Gasteiger partial charge in [-0.05, 0) is 50.8 Å². The van der Waals surface area contributed by atoms with Gasteiger partial charge in [0.25, 0.3) is 0 Å². The Kier molecular flexibility index (Phi) is 5.48. The molecular formula is C21H26N2O4. The number of nitro benzene ring substituents is 1. The minimum absolute atomic E-state index is 0.0308. The van der Waals surface area contributed by atoms with Crippen LogP contribution in [0.15, 0.2) is 42.5 Å². The van der Waals surface area contributed by atoms with Crippen molar-refractivity contribution in [1.82, 2.24) is 5.32 Å². The summed E-state index contributed by atoms with van der Waals surface area (Å²) in [5, 5.41) is 25.9. The van der Waals surface area contributed by atoms with Crippen molar-refractivity contribution in [3.8, 4) is 5.75 Å². The molecule has 2 aromatic rings. The van der Waals surface area contributed by atoms with Gasteiger partial charge in [0.1, 0.15) is 6.61 Å². The van der Waals surface area contributed by atoms with Gasteiger partial charge in [0.2, 0.25) is 0 Å². The molecule has 0 spiro atoms. The van der Waals surface area contributed by atoms with Crippen LogP contribution in [-0.4, -0.2) is 21.6 Å². The highest BCUT2D eigenvalue weighted by atomic mass is 16.6. The largest absolute Gasteiger partial charge is 0.482 e. The van der Waals surface area contributed by atoms with Gasteiger partial charge in [-0.15, -0.1) is 0 Å². The summed E-state index contributed by atoms with van der Waals surface area (Å²) in [5.74, 6) is 0.247. The second-order valence-corrected chi connectivity index (χ2v) is 8.00. The van der Waals surface area contributed by atoms with Crippen molar-refractivity contribution in [3.63, 3.8) is 0 Å². The van der Waals surface area contributed by atoms with E-state index >= 15 is 0 Å². The van der Waals surface area contributed by atoms with Crippen LogP contribution in [0.2, 0.25) is 0 Å². The Hall–Kier alpha value is -2.44. The molecule has 0 unspecified atom stereocenters. The summed E-state index contributed by atoms with van der Waals surface area (Å²) in [6.07, 6.45) is 0.378. The van der Waals surface area contributed by atoms with Gasteiger partial charge in [0.15, 0.2) is 5.75 Å². The maximum absolute atomic E-state index is 11.8. The summed E-state index contributed by atoms with van der Waals surface area (Å²) in [5.41, 5.74) is 1.95. The summed E-state index contributed by atoms with van der Waals surface area (Å²) in [6, 6.07) is 12.8. The van der Waals surface area contributed by atoms with Crippen molar-refractivity contribution in [1.29, 1.82) is 0 Å². The molecule has 6 nitrogen and oxygen atoms in total. The summed E-state index contributed by atoms with van der Waals surface area (Å²) in [6.45, 7) is 6.38. The highest BCUT2D eigenvalue weighted by molar-refractivity contribution is 5.58. The average Bonchev–Trinajstić information content (AvgIpc) is 2.61. The van der Waals surface area contributed by atoms with Crippen LogP contribution in [0.5, 0.6) is 5.75 Å². The Morgan fingerprint density at radius 1 is 1.22 bits per heavy atom. The maximum Gasteiger partial charge on any atom is 0.314 e. The quantitative estimate of drug-likeness (QED) is 0.616. The zero-order valence-corrected chi connectivity index (χ0v) is 15.9. The molecule has 2 aromatic carbocycles. The molecule has 0 saturated heterocycles. The topological polar surface area (TPSA) is 84.6 Å². The van der Waals surface area contributed by atoms with Crippen LogP contribution in [-0.2, 0) is 13.0 Å². The number of hydrogen-bond acceptors (Lipinski definition) is 5. The van der Waals surface area contributed by atoms with E-state index in [4.69, 9.17) is 4.74 Å². The molecule has 0 heterocycles. The van der Waals surface area contributed by atoms with Crippen LogP contribution in [0.3, 0.4) is 0 Å². The second kappa shape index (κ2) is 7.66. The number of nitrogens with zero attached hydrogens (tertiary/aromatic N) is 1. The zero-order valence-electron chi connectivity index (χ0n) is 15.9. The fourth-order valence-electron chi connectivity index (χ4n) is 3.60. The minimum Gasteiger partial charge on any atom is -0.482 e. The van der Waals surface area contributed by atoms with E-state index in [0.717, 1.165) is 5.56 Å². The molecule has 0 bridgehead atoms. The number of nitrogens with one attached hydrogen (secondary N) is 1. The van der Waals surface area contributed by atoms with Crippen molar-refractivity contribution < 1.29 is 14.8 Å². The van der Waals surface area contributed by atoms with Gasteiger partial charge in [0, 0.05) is 17.1 Å². The van der Waals surface area contributed by atoms with Gasteiger partial charge in [-0.1, -0.05) is 36.4 Å². The Morgan fingerprint density at radius 2 is 1.93 bits per heavy atom. The average molecular weight is 370 g/mol. The molecule has 2 atom stereocenters. The third-order valence-corrected chi connectivity index (χ3v) is 4.73. The van der Waals surface area contributed by atoms with Gasteiger partial charge < -0.3 is 15.2 Å². The summed E-state index contributed by atoms with van der Waals surface area (Å²) >= 11 is 0. The molecule has 144 valence electrons. The molecule has 2 N–H and O–H groups in total. The standard InChI is InChI=1S/C21H26N2O4/c1-21(2,3)22-17-11-9-15-16(20(17)24)10-12-18(19(15)23(25)26)27-13-14-7-5-4-6-8-14/h4-8,10,12,17,20,22,24H,9,11,13H2,1-3H3/t17-,20-/m1/s1. The zero-order chi connectivity index (χ0) is 19.6. The summed E-state index contributed by atoms with van der Waals surface area (Å²) in [7, 11) is 0. The smallest absolute Gasteiger partial charge is 0.314 e. The summed E-state index contributed by atoms with van der Waals surface area (Å²) in [4.78, 5) is 11.4. The summed E-state index contributed by atoms with van der Waals surface area (Å²) < 4.78 is 5.75. The molecule has 0 amide bonds. The predicted octanol–water partition coefficient (Wildman–Crippen LogP) is 3.91. The van der Waals surface area contributed by atoms with Crippen LogP contribution < -0.4 is 10.1 Å². The van der Waals surface area contributed by atoms with Crippen LogP contribution in [0.4, 0.5) is 5.69 Å². The number of benzene rings is 2. The Balaban J connectivity index is 1.88. The molecule has 0 aliphatic heterocycles. The number of aliphatic hydroxyl groups is 1. The first-order chi connectivity index (χ1) is 12.8. The lowest BCUT2D eigenvalue weighted by Gasteiger charge is -2.35. The Morgan fingerprint density at radius 3 is 2.56 bits per heavy atom. The molecule has 0 aromatic heterocycles. The normalized spacial score (nSPS) is 19.4. The first-order valence-electron chi connectivity index (χ1n) is 9.19. The van der Waals surface area contributed by atoms with Crippen molar-refractivity contribution in [2.75, 3.05) is 0 Å². The highest BCUT2D eigenvalue weighted by Gasteiger charge is 2.36. The predicted molar refractivity (Wildman–Crippen MR) is 104 cm³/mol. The monoisotopic (exact) mass is 370 g/mol. The molecular weight excluding hydrogens is 344 g/mol. The van der Waals surface area contributed by atoms with Crippen molar-refractivity contribution >= 4 is 5.69 Å². The van der Waals surface area contributed by atoms with Gasteiger partial charge >= 0.3 is 5.69 Å². The lowest BCUT2D eigenvalue weighted by Crippen LogP contribution is -2.48. The van der Waals surface area contributed by atoms with Crippen molar-refractivity contribution in [2.24, 2.45) is 0 Å². The number of hydrogen-bond donors (Lipinski definition) is 2. The fraction of sp³-hybridized carbons (Fsp3) is 0.429. The van der Waals surface area contributed by atoms with E-state index in [0.29, 0.717) is 24.0 Å². The molecule has 0 fully saturated rings. The lowest BCUT2D eigenvalue weighted by molar-refractivity contribution is -0.386. The van der Waals surface area contributed by atoms with E-state index in [9.17, 15) is 15.2 Å². The maximum atomic E-state index is 11.8. The van der Waals surface area contributed by atoms with Crippen LogP contribution in [0.25, 0.3) is 0 Å². The molecule has 0 radical (unpaired) electrons. The number of ether oxygens (including phenoxy) is 1.